The second kappa shape index (κ2) is 8.77. The van der Waals surface area contributed by atoms with Crippen LogP contribution < -0.4 is 10.6 Å². The lowest BCUT2D eigenvalue weighted by Gasteiger charge is -2.09. The number of carbonyl (C=O) groups is 2. The Morgan fingerprint density at radius 3 is 2.46 bits per heavy atom. The highest BCUT2D eigenvalue weighted by Gasteiger charge is 2.25. The molecule has 0 bridgehead atoms. The molecule has 0 saturated heterocycles. The van der Waals surface area contributed by atoms with Crippen molar-refractivity contribution in [2.24, 2.45) is 0 Å². The molecule has 0 aliphatic heterocycles. The molecule has 8 heteroatoms. The molecule has 0 unspecified atom stereocenters. The number of hydrogen-bond donors (Lipinski definition) is 2. The highest BCUT2D eigenvalue weighted by Crippen LogP contribution is 2.40. The lowest BCUT2D eigenvalue weighted by Crippen LogP contribution is -2.20. The average molecular weight is 480 g/mol. The van der Waals surface area contributed by atoms with Crippen LogP contribution in [0, 0.1) is 6.92 Å². The summed E-state index contributed by atoms with van der Waals surface area (Å²) in [6.07, 6.45) is 0. The maximum Gasteiger partial charge on any atom is 0.341 e. The Kier molecular flexibility index (Phi) is 6.39. The molecule has 3 aromatic rings. The van der Waals surface area contributed by atoms with Gasteiger partial charge in [0.25, 0.3) is 0 Å². The lowest BCUT2D eigenvalue weighted by atomic mass is 10.0. The summed E-state index contributed by atoms with van der Waals surface area (Å²) < 4.78 is 5.89. The van der Waals surface area contributed by atoms with Gasteiger partial charge >= 0.3 is 12.0 Å². The third-order valence-electron chi connectivity index (χ3n) is 3.92. The van der Waals surface area contributed by atoms with Crippen LogP contribution in [0.1, 0.15) is 15.2 Å². The fourth-order valence-electron chi connectivity index (χ4n) is 2.73. The summed E-state index contributed by atoms with van der Waals surface area (Å²) in [7, 11) is 1.32. The topological polar surface area (TPSA) is 67.4 Å². The minimum atomic E-state index is -0.514. The fourth-order valence-corrected chi connectivity index (χ4v) is 4.24. The number of anilines is 2. The van der Waals surface area contributed by atoms with Crippen LogP contribution in [0.5, 0.6) is 0 Å². The molecule has 2 N–H and O–H groups in total. The van der Waals surface area contributed by atoms with Gasteiger partial charge in [-0.15, -0.1) is 11.3 Å². The minimum Gasteiger partial charge on any atom is -0.465 e. The Bertz CT molecular complexity index is 1030. The normalized spacial score (nSPS) is 10.4. The van der Waals surface area contributed by atoms with Gasteiger partial charge in [0.15, 0.2) is 0 Å². The number of ether oxygens (including phenoxy) is 1. The van der Waals surface area contributed by atoms with E-state index in [0.717, 1.165) is 20.5 Å². The number of rotatable bonds is 4. The Morgan fingerprint density at radius 2 is 1.82 bits per heavy atom. The van der Waals surface area contributed by atoms with E-state index in [4.69, 9.17) is 16.3 Å². The number of urea groups is 1. The number of thiophene rings is 1. The van der Waals surface area contributed by atoms with E-state index in [0.29, 0.717) is 21.3 Å². The molecule has 0 saturated carbocycles. The number of esters is 1. The minimum absolute atomic E-state index is 0.327. The largest absolute Gasteiger partial charge is 0.465 e. The van der Waals surface area contributed by atoms with Crippen molar-refractivity contribution in [3.05, 3.63) is 68.5 Å². The van der Waals surface area contributed by atoms with Crippen LogP contribution >= 0.6 is 38.9 Å². The van der Waals surface area contributed by atoms with Crippen LogP contribution in [0.2, 0.25) is 5.02 Å². The van der Waals surface area contributed by atoms with Crippen molar-refractivity contribution in [1.29, 1.82) is 0 Å². The molecule has 1 heterocycles. The summed E-state index contributed by atoms with van der Waals surface area (Å²) in [4.78, 5) is 25.8. The maximum absolute atomic E-state index is 12.5. The number of nitrogens with one attached hydrogen (secondary N) is 2. The first kappa shape index (κ1) is 20.4. The van der Waals surface area contributed by atoms with Crippen molar-refractivity contribution in [1.82, 2.24) is 0 Å². The summed E-state index contributed by atoms with van der Waals surface area (Å²) in [5, 5.41) is 6.39. The van der Waals surface area contributed by atoms with Gasteiger partial charge in [0.05, 0.1) is 7.11 Å². The number of hydrogen-bond acceptors (Lipinski definition) is 4. The third kappa shape index (κ3) is 4.55. The number of methoxy groups -OCH3 is 1. The van der Waals surface area contributed by atoms with E-state index in [-0.39, 0.29) is 0 Å². The van der Waals surface area contributed by atoms with Crippen LogP contribution in [0.15, 0.2) is 53.0 Å². The van der Waals surface area contributed by atoms with Crippen molar-refractivity contribution < 1.29 is 14.3 Å². The standard InChI is InChI=1S/C20H16BrClN2O3S/c1-11-16(12-6-8-13(21)9-7-12)17(19(25)27-2)18(28-11)24-20(26)23-15-5-3-4-14(22)10-15/h3-10H,1-2H3,(H2,23,24,26). The first-order valence-electron chi connectivity index (χ1n) is 8.20. The first-order valence-corrected chi connectivity index (χ1v) is 10.2. The number of halogens is 2. The van der Waals surface area contributed by atoms with Gasteiger partial charge < -0.3 is 10.1 Å². The van der Waals surface area contributed by atoms with E-state index in [1.54, 1.807) is 24.3 Å². The van der Waals surface area contributed by atoms with Crippen molar-refractivity contribution in [3.8, 4) is 11.1 Å². The molecule has 3 rings (SSSR count). The molecule has 0 spiro atoms. The van der Waals surface area contributed by atoms with Crippen LogP contribution in [0.4, 0.5) is 15.5 Å². The van der Waals surface area contributed by atoms with Gasteiger partial charge in [-0.25, -0.2) is 9.59 Å². The zero-order valence-corrected chi connectivity index (χ0v) is 18.2. The molecule has 0 fully saturated rings. The Labute approximate surface area is 179 Å². The quantitative estimate of drug-likeness (QED) is 0.416. The molecule has 0 radical (unpaired) electrons. The summed E-state index contributed by atoms with van der Waals surface area (Å²) >= 11 is 10.7. The van der Waals surface area contributed by atoms with Crippen LogP contribution in [-0.2, 0) is 4.74 Å². The highest BCUT2D eigenvalue weighted by molar-refractivity contribution is 9.10. The molecular formula is C20H16BrClN2O3S. The zero-order valence-electron chi connectivity index (χ0n) is 15.0. The predicted octanol–water partition coefficient (Wildman–Crippen LogP) is 6.57. The van der Waals surface area contributed by atoms with Crippen molar-refractivity contribution in [2.75, 3.05) is 17.7 Å². The van der Waals surface area contributed by atoms with E-state index in [9.17, 15) is 9.59 Å². The molecule has 0 atom stereocenters. The molecule has 1 aromatic heterocycles. The van der Waals surface area contributed by atoms with Crippen molar-refractivity contribution in [2.45, 2.75) is 6.92 Å². The first-order chi connectivity index (χ1) is 13.4. The highest BCUT2D eigenvalue weighted by atomic mass is 79.9. The van der Waals surface area contributed by atoms with Crippen LogP contribution in [0.3, 0.4) is 0 Å². The smallest absolute Gasteiger partial charge is 0.341 e. The second-order valence-electron chi connectivity index (χ2n) is 5.83. The molecule has 2 amide bonds. The van der Waals surface area contributed by atoms with Gasteiger partial charge in [0.1, 0.15) is 10.6 Å². The number of amides is 2. The molecule has 28 heavy (non-hydrogen) atoms. The monoisotopic (exact) mass is 478 g/mol. The Morgan fingerprint density at radius 1 is 1.11 bits per heavy atom. The summed E-state index contributed by atoms with van der Waals surface area (Å²) in [5.41, 5.74) is 2.47. The SMILES string of the molecule is COC(=O)c1c(NC(=O)Nc2cccc(Cl)c2)sc(C)c1-c1ccc(Br)cc1. The molecule has 5 nitrogen and oxygen atoms in total. The fraction of sp³-hybridized carbons (Fsp3) is 0.100. The van der Waals surface area contributed by atoms with E-state index in [2.05, 4.69) is 26.6 Å². The van der Waals surface area contributed by atoms with E-state index < -0.39 is 12.0 Å². The predicted molar refractivity (Wildman–Crippen MR) is 118 cm³/mol. The van der Waals surface area contributed by atoms with Crippen molar-refractivity contribution >= 4 is 61.6 Å². The van der Waals surface area contributed by atoms with E-state index in [1.807, 2.05) is 31.2 Å². The van der Waals surface area contributed by atoms with Gasteiger partial charge in [0, 0.05) is 25.6 Å². The molecule has 2 aromatic carbocycles. The van der Waals surface area contributed by atoms with Gasteiger partial charge in [-0.3, -0.25) is 5.32 Å². The number of aryl methyl sites for hydroxylation is 1. The van der Waals surface area contributed by atoms with Gasteiger partial charge in [-0.2, -0.15) is 0 Å². The lowest BCUT2D eigenvalue weighted by molar-refractivity contribution is 0.0603. The summed E-state index contributed by atoms with van der Waals surface area (Å²) in [5.74, 6) is -0.514. The summed E-state index contributed by atoms with van der Waals surface area (Å²) in [6.45, 7) is 1.90. The van der Waals surface area contributed by atoms with Gasteiger partial charge in [-0.1, -0.05) is 45.7 Å². The molecule has 0 aliphatic carbocycles. The molecule has 0 aliphatic rings. The van der Waals surface area contributed by atoms with E-state index in [1.165, 1.54) is 18.4 Å². The van der Waals surface area contributed by atoms with Crippen LogP contribution in [0.25, 0.3) is 11.1 Å². The average Bonchev–Trinajstić information content (AvgIpc) is 2.97. The second-order valence-corrected chi connectivity index (χ2v) is 8.40. The zero-order chi connectivity index (χ0) is 20.3. The van der Waals surface area contributed by atoms with Crippen LogP contribution in [-0.4, -0.2) is 19.1 Å². The van der Waals surface area contributed by atoms with Crippen molar-refractivity contribution in [3.63, 3.8) is 0 Å². The maximum atomic E-state index is 12.5. The summed E-state index contributed by atoms with van der Waals surface area (Å²) in [6, 6.07) is 13.9. The van der Waals surface area contributed by atoms with Gasteiger partial charge in [-0.05, 0) is 42.8 Å². The van der Waals surface area contributed by atoms with E-state index >= 15 is 0 Å². The number of carbonyl (C=O) groups excluding carboxylic acids is 2. The number of benzene rings is 2. The third-order valence-corrected chi connectivity index (χ3v) is 5.70. The Hall–Kier alpha value is -2.35. The Balaban J connectivity index is 1.94. The van der Waals surface area contributed by atoms with Gasteiger partial charge in [0.2, 0.25) is 0 Å². The molecule has 144 valence electrons. The molecular weight excluding hydrogens is 464 g/mol.